The predicted octanol–water partition coefficient (Wildman–Crippen LogP) is 2.44. The predicted molar refractivity (Wildman–Crippen MR) is 78.8 cm³/mol. The highest BCUT2D eigenvalue weighted by atomic mass is 15.3. The highest BCUT2D eigenvalue weighted by Crippen LogP contribution is 2.44. The molecule has 2 aliphatic rings. The Labute approximate surface area is 117 Å². The number of aromatic nitrogens is 2. The van der Waals surface area contributed by atoms with E-state index >= 15 is 0 Å². The van der Waals surface area contributed by atoms with Gasteiger partial charge in [-0.25, -0.2) is 15.0 Å². The van der Waals surface area contributed by atoms with Crippen LogP contribution in [0.25, 0.3) is 0 Å². The Bertz CT molecular complexity index is 718. The molecule has 1 aliphatic carbocycles. The molecule has 1 aliphatic heterocycles. The monoisotopic (exact) mass is 265 g/mol. The van der Waals surface area contributed by atoms with Crippen molar-refractivity contribution < 1.29 is 0 Å². The van der Waals surface area contributed by atoms with E-state index in [0.717, 1.165) is 41.3 Å². The average Bonchev–Trinajstić information content (AvgIpc) is 3.27. The highest BCUT2D eigenvalue weighted by Gasteiger charge is 2.36. The Balaban J connectivity index is 2.04. The van der Waals surface area contributed by atoms with Crippen LogP contribution in [0.1, 0.15) is 24.0 Å². The molecule has 0 bridgehead atoms. The molecule has 0 radical (unpaired) electrons. The van der Waals surface area contributed by atoms with E-state index < -0.39 is 0 Å². The summed E-state index contributed by atoms with van der Waals surface area (Å²) in [6.45, 7) is 2.03. The van der Waals surface area contributed by atoms with E-state index in [1.807, 2.05) is 31.3 Å². The summed E-state index contributed by atoms with van der Waals surface area (Å²) in [5.74, 6) is 2.25. The largest absolute Gasteiger partial charge is 0.383 e. The Morgan fingerprint density at radius 2 is 1.95 bits per heavy atom. The van der Waals surface area contributed by atoms with Crippen LogP contribution in [0.4, 0.5) is 17.3 Å². The number of nitrogens with two attached hydrogens (primary N) is 1. The molecule has 0 spiro atoms. The van der Waals surface area contributed by atoms with Gasteiger partial charge in [0.1, 0.15) is 17.3 Å². The summed E-state index contributed by atoms with van der Waals surface area (Å²) < 4.78 is 0. The molecule has 1 saturated carbocycles. The molecule has 3 heterocycles. The zero-order chi connectivity index (χ0) is 13.7. The van der Waals surface area contributed by atoms with E-state index in [4.69, 9.17) is 5.73 Å². The smallest absolute Gasteiger partial charge is 0.160 e. The maximum Gasteiger partial charge on any atom is 0.160 e. The molecule has 100 valence electrons. The number of fused-ring (bicyclic) bond motifs is 2. The summed E-state index contributed by atoms with van der Waals surface area (Å²) in [5.41, 5.74) is 8.99. The second-order valence-electron chi connectivity index (χ2n) is 5.27. The van der Waals surface area contributed by atoms with Crippen molar-refractivity contribution in [1.29, 1.82) is 0 Å². The van der Waals surface area contributed by atoms with E-state index in [1.165, 1.54) is 0 Å². The number of aryl methyl sites for hydroxylation is 1. The van der Waals surface area contributed by atoms with Crippen LogP contribution in [-0.2, 0) is 0 Å². The summed E-state index contributed by atoms with van der Waals surface area (Å²) in [6.07, 6.45) is 5.93. The van der Waals surface area contributed by atoms with Crippen molar-refractivity contribution in [2.75, 3.05) is 4.90 Å². The van der Waals surface area contributed by atoms with E-state index in [0.29, 0.717) is 11.9 Å². The number of pyridine rings is 2. The third kappa shape index (κ3) is 1.59. The molecule has 20 heavy (non-hydrogen) atoms. The summed E-state index contributed by atoms with van der Waals surface area (Å²) >= 11 is 0. The number of amidine groups is 1. The van der Waals surface area contributed by atoms with Crippen LogP contribution in [0.2, 0.25) is 0 Å². The molecular weight excluding hydrogens is 250 g/mol. The first kappa shape index (κ1) is 11.4. The third-order valence-corrected chi connectivity index (χ3v) is 3.77. The van der Waals surface area contributed by atoms with Crippen molar-refractivity contribution >= 4 is 23.2 Å². The van der Waals surface area contributed by atoms with Gasteiger partial charge >= 0.3 is 0 Å². The zero-order valence-corrected chi connectivity index (χ0v) is 11.2. The summed E-state index contributed by atoms with van der Waals surface area (Å²) in [7, 11) is 0. The number of hydrogen-bond donors (Lipinski definition) is 1. The molecule has 0 amide bonds. The Morgan fingerprint density at radius 3 is 2.75 bits per heavy atom. The molecular formula is C15H15N5. The lowest BCUT2D eigenvalue weighted by molar-refractivity contribution is 0.917. The molecule has 0 aromatic carbocycles. The first-order valence-electron chi connectivity index (χ1n) is 6.80. The molecule has 5 nitrogen and oxygen atoms in total. The number of anilines is 2. The SMILES string of the molecule is Cc1ccnc2c1N=C(N)c1cccnc1N2C1CC1. The molecule has 0 unspecified atom stereocenters. The van der Waals surface area contributed by atoms with Crippen LogP contribution in [0.5, 0.6) is 0 Å². The van der Waals surface area contributed by atoms with Gasteiger partial charge in [-0.2, -0.15) is 0 Å². The Morgan fingerprint density at radius 1 is 1.15 bits per heavy atom. The lowest BCUT2D eigenvalue weighted by Crippen LogP contribution is -2.24. The van der Waals surface area contributed by atoms with Crippen LogP contribution in [-0.4, -0.2) is 21.8 Å². The van der Waals surface area contributed by atoms with Crippen LogP contribution >= 0.6 is 0 Å². The molecule has 0 saturated heterocycles. The number of nitrogens with zero attached hydrogens (tertiary/aromatic N) is 4. The number of rotatable bonds is 1. The van der Waals surface area contributed by atoms with Gasteiger partial charge in [0, 0.05) is 18.4 Å². The quantitative estimate of drug-likeness (QED) is 0.860. The first-order chi connectivity index (χ1) is 9.75. The van der Waals surface area contributed by atoms with Gasteiger partial charge < -0.3 is 10.6 Å². The Kier molecular flexibility index (Phi) is 2.30. The van der Waals surface area contributed by atoms with Crippen molar-refractivity contribution in [2.24, 2.45) is 10.7 Å². The molecule has 5 heteroatoms. The molecule has 1 fully saturated rings. The van der Waals surface area contributed by atoms with E-state index in [2.05, 4.69) is 19.9 Å². The lowest BCUT2D eigenvalue weighted by Gasteiger charge is -2.23. The van der Waals surface area contributed by atoms with E-state index in [-0.39, 0.29) is 0 Å². The van der Waals surface area contributed by atoms with Crippen LogP contribution < -0.4 is 10.6 Å². The molecule has 2 aromatic heterocycles. The minimum Gasteiger partial charge on any atom is -0.383 e. The molecule has 2 N–H and O–H groups in total. The van der Waals surface area contributed by atoms with Crippen molar-refractivity contribution in [3.63, 3.8) is 0 Å². The lowest BCUT2D eigenvalue weighted by atomic mass is 10.2. The first-order valence-corrected chi connectivity index (χ1v) is 6.80. The van der Waals surface area contributed by atoms with E-state index in [9.17, 15) is 0 Å². The fraction of sp³-hybridized carbons (Fsp3) is 0.267. The maximum absolute atomic E-state index is 6.17. The summed E-state index contributed by atoms with van der Waals surface area (Å²) in [5, 5.41) is 0. The number of aliphatic imine (C=N–C) groups is 1. The fourth-order valence-corrected chi connectivity index (χ4v) is 2.60. The standard InChI is InChI=1S/C15H15N5/c1-9-6-8-18-15-12(9)19-13(16)11-3-2-7-17-14(11)20(15)10-4-5-10/h2-3,6-8,10H,4-5H2,1H3,(H2,16,19). The molecule has 4 rings (SSSR count). The van der Waals surface area contributed by atoms with Gasteiger partial charge in [0.2, 0.25) is 0 Å². The van der Waals surface area contributed by atoms with Crippen molar-refractivity contribution in [2.45, 2.75) is 25.8 Å². The van der Waals surface area contributed by atoms with Gasteiger partial charge in [0.05, 0.1) is 5.56 Å². The van der Waals surface area contributed by atoms with Gasteiger partial charge in [-0.15, -0.1) is 0 Å². The summed E-state index contributed by atoms with van der Waals surface area (Å²) in [6, 6.07) is 6.28. The second kappa shape index (κ2) is 4.03. The van der Waals surface area contributed by atoms with Crippen molar-refractivity contribution in [3.05, 3.63) is 41.7 Å². The minimum absolute atomic E-state index is 0.456. The number of hydrogen-bond acceptors (Lipinski definition) is 5. The Hall–Kier alpha value is -2.43. The highest BCUT2D eigenvalue weighted by molar-refractivity contribution is 6.06. The van der Waals surface area contributed by atoms with Crippen LogP contribution in [0, 0.1) is 6.92 Å². The van der Waals surface area contributed by atoms with Gasteiger partial charge in [-0.05, 0) is 43.5 Å². The van der Waals surface area contributed by atoms with Crippen LogP contribution in [0.3, 0.4) is 0 Å². The second-order valence-corrected chi connectivity index (χ2v) is 5.27. The van der Waals surface area contributed by atoms with Crippen molar-refractivity contribution in [3.8, 4) is 0 Å². The maximum atomic E-state index is 6.17. The summed E-state index contributed by atoms with van der Waals surface area (Å²) in [4.78, 5) is 15.9. The van der Waals surface area contributed by atoms with E-state index in [1.54, 1.807) is 6.20 Å². The van der Waals surface area contributed by atoms with Gasteiger partial charge in [-0.1, -0.05) is 0 Å². The normalized spacial score (nSPS) is 17.1. The average molecular weight is 265 g/mol. The van der Waals surface area contributed by atoms with Crippen molar-refractivity contribution in [1.82, 2.24) is 9.97 Å². The topological polar surface area (TPSA) is 67.4 Å². The molecule has 2 aromatic rings. The zero-order valence-electron chi connectivity index (χ0n) is 11.2. The van der Waals surface area contributed by atoms with Crippen LogP contribution in [0.15, 0.2) is 35.6 Å². The molecule has 0 atom stereocenters. The van der Waals surface area contributed by atoms with Gasteiger partial charge in [0.25, 0.3) is 0 Å². The van der Waals surface area contributed by atoms with Gasteiger partial charge in [-0.3, -0.25) is 0 Å². The third-order valence-electron chi connectivity index (χ3n) is 3.77. The minimum atomic E-state index is 0.456. The fourth-order valence-electron chi connectivity index (χ4n) is 2.60. The van der Waals surface area contributed by atoms with Gasteiger partial charge in [0.15, 0.2) is 5.82 Å².